The van der Waals surface area contributed by atoms with Gasteiger partial charge in [-0.15, -0.1) is 0 Å². The molecule has 146 valence electrons. The molecule has 8 nitrogen and oxygen atoms in total. The van der Waals surface area contributed by atoms with Crippen LogP contribution in [0.25, 0.3) is 0 Å². The summed E-state index contributed by atoms with van der Waals surface area (Å²) in [6.07, 6.45) is 7.52. The number of nitrogens with one attached hydrogen (secondary N) is 1. The van der Waals surface area contributed by atoms with Crippen LogP contribution in [-0.2, 0) is 21.4 Å². The molecule has 0 radical (unpaired) electrons. The molecular weight excluding hydrogens is 354 g/mol. The van der Waals surface area contributed by atoms with E-state index < -0.39 is 10.2 Å². The summed E-state index contributed by atoms with van der Waals surface area (Å²) in [5, 5.41) is 6.64. The summed E-state index contributed by atoms with van der Waals surface area (Å²) in [6.45, 7) is 5.87. The van der Waals surface area contributed by atoms with E-state index in [1.807, 2.05) is 18.7 Å². The van der Waals surface area contributed by atoms with E-state index in [4.69, 9.17) is 0 Å². The van der Waals surface area contributed by atoms with E-state index in [0.29, 0.717) is 39.0 Å². The number of hydrogen-bond donors (Lipinski definition) is 1. The lowest BCUT2D eigenvalue weighted by Gasteiger charge is -2.45. The molecule has 1 amide bonds. The molecule has 0 saturated carbocycles. The standard InChI is InChI=1S/C17H29N5O3S/c1-14-15(2)22(26(24,25)20-8-4-3-5-9-20)11-10-21(14)17(23)7-6-16-12-18-19-13-16/h12-15H,3-11H2,1-2H3,(H,18,19)/t14-,15-/m1/s1. The van der Waals surface area contributed by atoms with Crippen LogP contribution in [0.15, 0.2) is 12.4 Å². The summed E-state index contributed by atoms with van der Waals surface area (Å²) in [7, 11) is -3.45. The SMILES string of the molecule is C[C@@H]1[C@@H](C)N(S(=O)(=O)N2CCCCC2)CCN1C(=O)CCc1cn[nH]c1. The largest absolute Gasteiger partial charge is 0.337 e. The number of aromatic amines is 1. The van der Waals surface area contributed by atoms with E-state index in [2.05, 4.69) is 10.2 Å². The lowest BCUT2D eigenvalue weighted by atomic mass is 10.1. The number of aromatic nitrogens is 2. The molecule has 2 atom stereocenters. The molecule has 0 bridgehead atoms. The molecule has 0 aromatic carbocycles. The average Bonchev–Trinajstić information content (AvgIpc) is 3.16. The lowest BCUT2D eigenvalue weighted by Crippen LogP contribution is -2.62. The van der Waals surface area contributed by atoms with Crippen LogP contribution in [0.1, 0.15) is 45.1 Å². The normalized spacial score (nSPS) is 26.2. The van der Waals surface area contributed by atoms with Crippen LogP contribution in [0.3, 0.4) is 0 Å². The molecule has 1 N–H and O–H groups in total. The van der Waals surface area contributed by atoms with Crippen LogP contribution in [0.2, 0.25) is 0 Å². The molecule has 0 aliphatic carbocycles. The van der Waals surface area contributed by atoms with Crippen molar-refractivity contribution >= 4 is 16.1 Å². The van der Waals surface area contributed by atoms with Crippen molar-refractivity contribution < 1.29 is 13.2 Å². The van der Waals surface area contributed by atoms with Crippen molar-refractivity contribution in [3.63, 3.8) is 0 Å². The predicted molar refractivity (Wildman–Crippen MR) is 98.6 cm³/mol. The Morgan fingerprint density at radius 2 is 1.88 bits per heavy atom. The fourth-order valence-electron chi connectivity index (χ4n) is 3.85. The monoisotopic (exact) mass is 383 g/mol. The Bertz CT molecular complexity index is 700. The summed E-state index contributed by atoms with van der Waals surface area (Å²) in [4.78, 5) is 14.5. The number of carbonyl (C=O) groups is 1. The predicted octanol–water partition coefficient (Wildman–Crippen LogP) is 0.994. The van der Waals surface area contributed by atoms with Crippen molar-refractivity contribution in [1.29, 1.82) is 0 Å². The number of piperidine rings is 1. The minimum Gasteiger partial charge on any atom is -0.337 e. The summed E-state index contributed by atoms with van der Waals surface area (Å²) in [5.41, 5.74) is 1.00. The van der Waals surface area contributed by atoms with Crippen LogP contribution in [0.5, 0.6) is 0 Å². The van der Waals surface area contributed by atoms with E-state index in [9.17, 15) is 13.2 Å². The number of nitrogens with zero attached hydrogens (tertiary/aromatic N) is 4. The summed E-state index contributed by atoms with van der Waals surface area (Å²) in [5.74, 6) is 0.0700. The van der Waals surface area contributed by atoms with E-state index in [-0.39, 0.29) is 18.0 Å². The minimum absolute atomic E-state index is 0.0700. The molecule has 9 heteroatoms. The highest BCUT2D eigenvalue weighted by atomic mass is 32.2. The molecule has 26 heavy (non-hydrogen) atoms. The molecule has 1 aromatic heterocycles. The van der Waals surface area contributed by atoms with E-state index in [0.717, 1.165) is 24.8 Å². The fourth-order valence-corrected chi connectivity index (χ4v) is 5.77. The zero-order valence-electron chi connectivity index (χ0n) is 15.6. The Labute approximate surface area is 155 Å². The Morgan fingerprint density at radius 1 is 1.15 bits per heavy atom. The number of piperazine rings is 1. The molecular formula is C17H29N5O3S. The van der Waals surface area contributed by atoms with Gasteiger partial charge in [-0.1, -0.05) is 6.42 Å². The van der Waals surface area contributed by atoms with Crippen molar-refractivity contribution in [1.82, 2.24) is 23.7 Å². The van der Waals surface area contributed by atoms with Gasteiger partial charge in [0.05, 0.1) is 6.20 Å². The van der Waals surface area contributed by atoms with Gasteiger partial charge in [-0.3, -0.25) is 9.89 Å². The molecule has 2 saturated heterocycles. The van der Waals surface area contributed by atoms with Crippen LogP contribution in [0.4, 0.5) is 0 Å². The first-order valence-corrected chi connectivity index (χ1v) is 10.8. The molecule has 2 aliphatic rings. The molecule has 0 spiro atoms. The highest BCUT2D eigenvalue weighted by Crippen LogP contribution is 2.25. The van der Waals surface area contributed by atoms with Crippen molar-refractivity contribution in [2.75, 3.05) is 26.2 Å². The number of hydrogen-bond acceptors (Lipinski definition) is 4. The number of H-pyrrole nitrogens is 1. The third kappa shape index (κ3) is 3.94. The Hall–Kier alpha value is -1.45. The molecule has 3 rings (SSSR count). The molecule has 2 aliphatic heterocycles. The highest BCUT2D eigenvalue weighted by molar-refractivity contribution is 7.86. The van der Waals surface area contributed by atoms with Gasteiger partial charge in [0.1, 0.15) is 0 Å². The van der Waals surface area contributed by atoms with Crippen molar-refractivity contribution in [3.8, 4) is 0 Å². The maximum Gasteiger partial charge on any atom is 0.282 e. The Kier molecular flexibility index (Phi) is 5.99. The number of amides is 1. The first kappa shape index (κ1) is 19.3. The number of aryl methyl sites for hydroxylation is 1. The van der Waals surface area contributed by atoms with Gasteiger partial charge in [-0.2, -0.15) is 22.1 Å². The highest BCUT2D eigenvalue weighted by Gasteiger charge is 2.41. The van der Waals surface area contributed by atoms with E-state index in [1.165, 1.54) is 0 Å². The van der Waals surface area contributed by atoms with Gasteiger partial charge in [0, 0.05) is 50.9 Å². The zero-order valence-corrected chi connectivity index (χ0v) is 16.4. The van der Waals surface area contributed by atoms with Crippen LogP contribution in [-0.4, -0.2) is 76.3 Å². The second kappa shape index (κ2) is 8.06. The van der Waals surface area contributed by atoms with Crippen LogP contribution < -0.4 is 0 Å². The van der Waals surface area contributed by atoms with Gasteiger partial charge in [0.15, 0.2) is 0 Å². The lowest BCUT2D eigenvalue weighted by molar-refractivity contribution is -0.136. The second-order valence-corrected chi connectivity index (χ2v) is 9.13. The Morgan fingerprint density at radius 3 is 2.54 bits per heavy atom. The van der Waals surface area contributed by atoms with Gasteiger partial charge in [0.2, 0.25) is 5.91 Å². The molecule has 3 heterocycles. The number of rotatable bonds is 5. The smallest absolute Gasteiger partial charge is 0.282 e. The van der Waals surface area contributed by atoms with Crippen molar-refractivity contribution in [2.45, 2.75) is 58.0 Å². The first-order valence-electron chi connectivity index (χ1n) is 9.45. The minimum atomic E-state index is -3.45. The first-order chi connectivity index (χ1) is 12.4. The van der Waals surface area contributed by atoms with Gasteiger partial charge >= 0.3 is 0 Å². The molecule has 2 fully saturated rings. The summed E-state index contributed by atoms with van der Waals surface area (Å²) in [6, 6.07) is -0.367. The quantitative estimate of drug-likeness (QED) is 0.821. The van der Waals surface area contributed by atoms with Gasteiger partial charge < -0.3 is 4.90 Å². The van der Waals surface area contributed by atoms with Crippen LogP contribution in [0, 0.1) is 0 Å². The Balaban J connectivity index is 1.62. The number of carbonyl (C=O) groups excluding carboxylic acids is 1. The molecule has 1 aromatic rings. The third-order valence-corrected chi connectivity index (χ3v) is 7.77. The fraction of sp³-hybridized carbons (Fsp3) is 0.765. The zero-order chi connectivity index (χ0) is 18.7. The average molecular weight is 384 g/mol. The molecule has 0 unspecified atom stereocenters. The summed E-state index contributed by atoms with van der Waals surface area (Å²) >= 11 is 0. The summed E-state index contributed by atoms with van der Waals surface area (Å²) < 4.78 is 29.2. The topological polar surface area (TPSA) is 89.6 Å². The van der Waals surface area contributed by atoms with Gasteiger partial charge in [-0.05, 0) is 38.7 Å². The van der Waals surface area contributed by atoms with E-state index in [1.54, 1.807) is 21.0 Å². The maximum atomic E-state index is 13.0. The van der Waals surface area contributed by atoms with Crippen molar-refractivity contribution in [3.05, 3.63) is 18.0 Å². The van der Waals surface area contributed by atoms with Crippen molar-refractivity contribution in [2.24, 2.45) is 0 Å². The van der Waals surface area contributed by atoms with E-state index >= 15 is 0 Å². The van der Waals surface area contributed by atoms with Gasteiger partial charge in [-0.25, -0.2) is 0 Å². The maximum absolute atomic E-state index is 13.0. The third-order valence-electron chi connectivity index (χ3n) is 5.65. The second-order valence-electron chi connectivity index (χ2n) is 7.25. The van der Waals surface area contributed by atoms with Crippen LogP contribution >= 0.6 is 0 Å². The van der Waals surface area contributed by atoms with Gasteiger partial charge in [0.25, 0.3) is 10.2 Å².